The molecule has 1 aromatic carbocycles. The van der Waals surface area contributed by atoms with Crippen LogP contribution in [0.25, 0.3) is 0 Å². The predicted octanol–water partition coefficient (Wildman–Crippen LogP) is 4.78. The maximum atomic E-state index is 13.6. The van der Waals surface area contributed by atoms with Gasteiger partial charge in [-0.3, -0.25) is 0 Å². The zero-order valence-electron chi connectivity index (χ0n) is 10.6. The standard InChI is InChI=1S/C12H8ClO.C5H5.Fe/c13-11-8-4-7-10(11)12(14)9-5-2-1-3-6-9;1-2-4-5-3-1;/h1-8H;1-5H;. The first-order chi connectivity index (χ1) is 9.45. The fourth-order valence-corrected chi connectivity index (χ4v) is 97.1. The van der Waals surface area contributed by atoms with Crippen LogP contribution in [0.1, 0.15) is 10.4 Å². The third-order valence-corrected chi connectivity index (χ3v) is 61.8. The number of rotatable bonds is 2. The first-order valence-corrected chi connectivity index (χ1v) is 14.5. The Morgan fingerprint density at radius 1 is 0.950 bits per heavy atom. The average molecular weight is 325 g/mol. The zero-order chi connectivity index (χ0) is 12.6. The number of benzene rings is 1. The number of ketones is 1. The van der Waals surface area contributed by atoms with Crippen LogP contribution in [0, 0.1) is 0 Å². The molecule has 0 saturated carbocycles. The van der Waals surface area contributed by atoms with Crippen LogP contribution in [-0.4, -0.2) is 9.56 Å². The van der Waals surface area contributed by atoms with Gasteiger partial charge in [-0.1, -0.05) is 0 Å². The summed E-state index contributed by atoms with van der Waals surface area (Å²) in [6, 6.07) is 10.2. The fourth-order valence-electron chi connectivity index (χ4n) is 17.7. The van der Waals surface area contributed by atoms with Crippen LogP contribution in [0.3, 0.4) is 0 Å². The number of alkyl halides is 1. The Kier molecular flexibility index (Phi) is 0.272. The average Bonchev–Trinajstić information content (AvgIpc) is 3.42. The van der Waals surface area contributed by atoms with Gasteiger partial charge in [0, 0.05) is 0 Å². The van der Waals surface area contributed by atoms with Crippen molar-refractivity contribution in [3.63, 3.8) is 0 Å². The van der Waals surface area contributed by atoms with Gasteiger partial charge in [0.2, 0.25) is 0 Å². The second kappa shape index (κ2) is 0.697. The summed E-state index contributed by atoms with van der Waals surface area (Å²) in [5, 5.41) is 0. The van der Waals surface area contributed by atoms with Crippen molar-refractivity contribution in [2.75, 3.05) is 0 Å². The normalized spacial score (nSPS) is 106. The molecule has 1 aromatic rings. The second-order valence-electron chi connectivity index (χ2n) is 11.4. The number of hydrogen-bond acceptors (Lipinski definition) is 1. The maximum absolute atomic E-state index is 13.6. The minimum atomic E-state index is -3.59. The van der Waals surface area contributed by atoms with Gasteiger partial charge in [0.25, 0.3) is 0 Å². The molecule has 11 rings (SSSR count). The Bertz CT molecular complexity index is 1240. The van der Waals surface area contributed by atoms with Crippen molar-refractivity contribution < 1.29 is 11.3 Å². The van der Waals surface area contributed by atoms with Gasteiger partial charge in [0.1, 0.15) is 0 Å². The third kappa shape index (κ3) is 0.0824. The summed E-state index contributed by atoms with van der Waals surface area (Å²) in [7, 11) is 0. The summed E-state index contributed by atoms with van der Waals surface area (Å²) >= 11 is 7.46. The van der Waals surface area contributed by atoms with Crippen molar-refractivity contribution in [3.8, 4) is 0 Å². The number of carbonyl (C=O) groups is 1. The summed E-state index contributed by atoms with van der Waals surface area (Å²) < 4.78 is 0.258. The number of hydrogen-bond donors (Lipinski definition) is 0. The fraction of sp³-hybridized carbons (Fsp3) is 0.588. The summed E-state index contributed by atoms with van der Waals surface area (Å²) in [5.41, 5.74) is 0.987. The summed E-state index contributed by atoms with van der Waals surface area (Å²) in [5.74, 6) is 0.537. The van der Waals surface area contributed by atoms with Crippen LogP contribution in [-0.2, 0) is 6.51 Å². The first kappa shape index (κ1) is 7.81. The molecule has 20 heavy (non-hydrogen) atoms. The Morgan fingerprint density at radius 2 is 1.55 bits per heavy atom. The molecule has 5 unspecified atom stereocenters. The molecule has 5 atom stereocenters. The molecule has 0 aliphatic carbocycles. The molecule has 1 nitrogen and oxygen atoms in total. The molecular formula is C17H13ClFeO. The minimum absolute atomic E-state index is 0.120. The van der Waals surface area contributed by atoms with Crippen molar-refractivity contribution in [2.45, 2.75) is 46.6 Å². The van der Waals surface area contributed by atoms with Crippen molar-refractivity contribution in [1.82, 2.24) is 0 Å². The van der Waals surface area contributed by atoms with Crippen molar-refractivity contribution >= 4 is 17.4 Å². The van der Waals surface area contributed by atoms with E-state index in [1.807, 2.05) is 18.2 Å². The Hall–Kier alpha value is -0.301. The first-order valence-electron chi connectivity index (χ1n) is 7.95. The molecule has 102 valence electrons. The van der Waals surface area contributed by atoms with Gasteiger partial charge >= 0.3 is 111 Å². The third-order valence-electron chi connectivity index (χ3n) is 16.1. The van der Waals surface area contributed by atoms with Gasteiger partial charge in [0.05, 0.1) is 0 Å². The van der Waals surface area contributed by atoms with E-state index in [2.05, 4.69) is 12.1 Å². The molecule has 10 saturated heterocycles. The van der Waals surface area contributed by atoms with Crippen LogP contribution in [0.4, 0.5) is 0 Å². The van der Waals surface area contributed by atoms with Crippen molar-refractivity contribution in [3.05, 3.63) is 35.9 Å². The number of Topliss-reactive ketones (excluding diaryl/α,β-unsaturated/α-hetero) is 1. The molecule has 0 amide bonds. The molecule has 1 spiro atoms. The Labute approximate surface area is 111 Å². The molecule has 10 aliphatic rings. The van der Waals surface area contributed by atoms with Gasteiger partial charge in [-0.25, -0.2) is 0 Å². The molecule has 3 heteroatoms. The van der Waals surface area contributed by atoms with Gasteiger partial charge in [-0.15, -0.1) is 0 Å². The van der Waals surface area contributed by atoms with E-state index in [-0.39, 0.29) is 8.09 Å². The topological polar surface area (TPSA) is 17.1 Å². The molecule has 10 fully saturated rings. The molecule has 0 radical (unpaired) electrons. The van der Waals surface area contributed by atoms with Gasteiger partial charge in [-0.05, 0) is 0 Å². The summed E-state index contributed by atoms with van der Waals surface area (Å²) in [6.45, 7) is -3.59. The quantitative estimate of drug-likeness (QED) is 0.435. The molecular weight excluding hydrogens is 311 g/mol. The van der Waals surface area contributed by atoms with E-state index in [1.165, 1.54) is 0 Å². The van der Waals surface area contributed by atoms with E-state index < -0.39 is 6.51 Å². The van der Waals surface area contributed by atoms with Crippen LogP contribution in [0.5, 0.6) is 0 Å². The van der Waals surface area contributed by atoms with E-state index in [0.29, 0.717) is 5.78 Å². The second-order valence-corrected chi connectivity index (χ2v) is 35.5. The van der Waals surface area contributed by atoms with Crippen LogP contribution >= 0.6 is 11.6 Å². The summed E-state index contributed by atoms with van der Waals surface area (Å²) in [4.78, 5) is 22.1. The summed E-state index contributed by atoms with van der Waals surface area (Å²) in [6.07, 6.45) is 0. The van der Waals surface area contributed by atoms with E-state index in [0.717, 1.165) is 44.1 Å². The molecule has 10 heterocycles. The van der Waals surface area contributed by atoms with Crippen molar-refractivity contribution in [2.24, 2.45) is 0 Å². The molecule has 0 aromatic heterocycles. The van der Waals surface area contributed by atoms with Gasteiger partial charge in [-0.2, -0.15) is 0 Å². The van der Waals surface area contributed by atoms with Crippen LogP contribution in [0.15, 0.2) is 30.3 Å². The number of fused-ring (bicyclic) bond motifs is 10. The zero-order valence-corrected chi connectivity index (χ0v) is 12.5. The molecule has 0 N–H and O–H groups in total. The Morgan fingerprint density at radius 3 is 1.90 bits per heavy atom. The predicted molar refractivity (Wildman–Crippen MR) is 72.0 cm³/mol. The number of halogens is 1. The van der Waals surface area contributed by atoms with E-state index in [9.17, 15) is 4.79 Å². The van der Waals surface area contributed by atoms with E-state index in [1.54, 1.807) is 0 Å². The molecule has 0 bridgehead atoms. The van der Waals surface area contributed by atoms with E-state index >= 15 is 0 Å². The van der Waals surface area contributed by atoms with Gasteiger partial charge < -0.3 is 0 Å². The molecule has 10 aliphatic heterocycles. The Balaban J connectivity index is 1.47. The monoisotopic (exact) mass is 324 g/mol. The number of carbonyl (C=O) groups excluding carboxylic acids is 1. The van der Waals surface area contributed by atoms with Crippen molar-refractivity contribution in [1.29, 1.82) is 0 Å². The van der Waals surface area contributed by atoms with E-state index in [4.69, 9.17) is 11.6 Å². The van der Waals surface area contributed by atoms with Crippen LogP contribution < -0.4 is 0 Å². The van der Waals surface area contributed by atoms with Crippen LogP contribution in [0.2, 0.25) is 42.8 Å². The SMILES string of the molecule is O=C(c1ccccc1)[C]12[CH]3[CH]4[CH]5[C]1(Cl)[Fe]45321678[CH]2[CH]1[CH]6[CH]7[CH]28. The van der Waals surface area contributed by atoms with Gasteiger partial charge in [0.15, 0.2) is 0 Å².